The van der Waals surface area contributed by atoms with Crippen LogP contribution in [0, 0.1) is 5.41 Å². The van der Waals surface area contributed by atoms with Crippen molar-refractivity contribution in [1.29, 1.82) is 0 Å². The number of aliphatic hydroxyl groups excluding tert-OH is 1. The number of rotatable bonds is 20. The van der Waals surface area contributed by atoms with Crippen LogP contribution in [0.1, 0.15) is 110 Å². The van der Waals surface area contributed by atoms with E-state index < -0.39 is 0 Å². The minimum Gasteiger partial charge on any atom is -0.396 e. The van der Waals surface area contributed by atoms with E-state index in [1.54, 1.807) is 0 Å². The number of ether oxygens (including phenoxy) is 2. The fourth-order valence-electron chi connectivity index (χ4n) is 3.65. The van der Waals surface area contributed by atoms with E-state index in [0.29, 0.717) is 19.8 Å². The Bertz CT molecular complexity index is 284. The lowest BCUT2D eigenvalue weighted by molar-refractivity contribution is -0.168. The van der Waals surface area contributed by atoms with Gasteiger partial charge in [0.05, 0.1) is 31.8 Å². The van der Waals surface area contributed by atoms with Gasteiger partial charge in [0, 0.05) is 6.61 Å². The Hall–Kier alpha value is -0.120. The molecule has 3 nitrogen and oxygen atoms in total. The Morgan fingerprint density at radius 3 is 1.46 bits per heavy atom. The summed E-state index contributed by atoms with van der Waals surface area (Å²) in [5, 5.41) is 9.32. The molecule has 0 spiro atoms. The molecule has 0 bridgehead atoms. The van der Waals surface area contributed by atoms with Gasteiger partial charge in [-0.05, 0) is 6.42 Å². The summed E-state index contributed by atoms with van der Waals surface area (Å²) in [4.78, 5) is 0. The highest BCUT2D eigenvalue weighted by molar-refractivity contribution is 4.84. The minimum atomic E-state index is -0.0882. The molecule has 0 unspecified atom stereocenters. The molecule has 0 aliphatic carbocycles. The molecule has 0 aromatic rings. The van der Waals surface area contributed by atoms with Gasteiger partial charge in [-0.1, -0.05) is 103 Å². The predicted octanol–water partition coefficient (Wildman–Crippen LogP) is 6.27. The third kappa shape index (κ3) is 12.3. The summed E-state index contributed by atoms with van der Waals surface area (Å²) in [5.74, 6) is 0. The van der Waals surface area contributed by atoms with Crippen LogP contribution >= 0.6 is 0 Å². The zero-order valence-electron chi connectivity index (χ0n) is 17.6. The largest absolute Gasteiger partial charge is 0.396 e. The molecule has 0 amide bonds. The molecule has 1 heterocycles. The topological polar surface area (TPSA) is 38.7 Å². The average Bonchev–Trinajstić information content (AvgIpc) is 2.62. The van der Waals surface area contributed by atoms with Crippen LogP contribution < -0.4 is 0 Å². The number of unbranched alkanes of at least 4 members (excludes halogenated alkanes) is 15. The molecule has 1 aliphatic rings. The molecular formula is C23H46O3. The van der Waals surface area contributed by atoms with E-state index in [1.165, 1.54) is 96.3 Å². The van der Waals surface area contributed by atoms with Crippen molar-refractivity contribution in [2.45, 2.75) is 110 Å². The zero-order valence-corrected chi connectivity index (χ0v) is 17.6. The van der Waals surface area contributed by atoms with Gasteiger partial charge < -0.3 is 14.6 Å². The Kier molecular flexibility index (Phi) is 15.6. The quantitative estimate of drug-likeness (QED) is 0.257. The summed E-state index contributed by atoms with van der Waals surface area (Å²) < 4.78 is 10.9. The molecule has 1 fully saturated rings. The summed E-state index contributed by atoms with van der Waals surface area (Å²) in [6, 6.07) is 0. The van der Waals surface area contributed by atoms with E-state index in [1.807, 2.05) is 0 Å². The third-order valence-electron chi connectivity index (χ3n) is 5.70. The molecule has 0 radical (unpaired) electrons. The predicted molar refractivity (Wildman–Crippen MR) is 111 cm³/mol. The standard InChI is InChI=1S/C23H46O3/c1-2-3-4-5-6-7-8-9-10-11-12-13-14-15-16-17-18-25-20-23(19-24)21-26-22-23/h24H,2-22H2,1H3. The summed E-state index contributed by atoms with van der Waals surface area (Å²) in [6.45, 7) is 5.27. The van der Waals surface area contributed by atoms with E-state index in [4.69, 9.17) is 9.47 Å². The highest BCUT2D eigenvalue weighted by atomic mass is 16.5. The molecule has 1 aliphatic heterocycles. The van der Waals surface area contributed by atoms with Crippen LogP contribution in [-0.4, -0.2) is 38.1 Å². The zero-order chi connectivity index (χ0) is 18.8. The fourth-order valence-corrected chi connectivity index (χ4v) is 3.65. The summed E-state index contributed by atoms with van der Waals surface area (Å²) >= 11 is 0. The molecule has 1 N–H and O–H groups in total. The lowest BCUT2D eigenvalue weighted by Gasteiger charge is -2.39. The van der Waals surface area contributed by atoms with Gasteiger partial charge in [0.25, 0.3) is 0 Å². The molecule has 3 heteroatoms. The van der Waals surface area contributed by atoms with E-state index in [2.05, 4.69) is 6.92 Å². The van der Waals surface area contributed by atoms with Crippen molar-refractivity contribution < 1.29 is 14.6 Å². The smallest absolute Gasteiger partial charge is 0.0635 e. The van der Waals surface area contributed by atoms with Gasteiger partial charge >= 0.3 is 0 Å². The first-order valence-electron chi connectivity index (χ1n) is 11.6. The monoisotopic (exact) mass is 370 g/mol. The maximum absolute atomic E-state index is 9.32. The molecule has 0 aromatic carbocycles. The molecule has 26 heavy (non-hydrogen) atoms. The summed E-state index contributed by atoms with van der Waals surface area (Å²) in [7, 11) is 0. The highest BCUT2D eigenvalue weighted by Gasteiger charge is 2.38. The highest BCUT2D eigenvalue weighted by Crippen LogP contribution is 2.27. The van der Waals surface area contributed by atoms with Crippen LogP contribution in [0.4, 0.5) is 0 Å². The third-order valence-corrected chi connectivity index (χ3v) is 5.70. The molecule has 0 aromatic heterocycles. The van der Waals surface area contributed by atoms with E-state index in [9.17, 15) is 5.11 Å². The van der Waals surface area contributed by atoms with Crippen LogP contribution in [0.3, 0.4) is 0 Å². The Balaban J connectivity index is 1.67. The molecule has 0 atom stereocenters. The van der Waals surface area contributed by atoms with Gasteiger partial charge in [0.2, 0.25) is 0 Å². The normalized spacial score (nSPS) is 15.9. The summed E-state index contributed by atoms with van der Waals surface area (Å²) in [6.07, 6.45) is 22.4. The van der Waals surface area contributed by atoms with Crippen LogP contribution in [-0.2, 0) is 9.47 Å². The number of aliphatic hydroxyl groups is 1. The molecule has 1 saturated heterocycles. The van der Waals surface area contributed by atoms with Crippen molar-refractivity contribution in [3.05, 3.63) is 0 Å². The second-order valence-corrected chi connectivity index (χ2v) is 8.51. The Morgan fingerprint density at radius 1 is 0.692 bits per heavy atom. The lowest BCUT2D eigenvalue weighted by atomic mass is 9.88. The molecule has 1 rings (SSSR count). The Labute approximate surface area is 163 Å². The van der Waals surface area contributed by atoms with E-state index in [-0.39, 0.29) is 12.0 Å². The van der Waals surface area contributed by atoms with E-state index >= 15 is 0 Å². The van der Waals surface area contributed by atoms with Crippen LogP contribution in [0.2, 0.25) is 0 Å². The number of hydrogen-bond acceptors (Lipinski definition) is 3. The maximum Gasteiger partial charge on any atom is 0.0635 e. The van der Waals surface area contributed by atoms with Crippen molar-refractivity contribution in [3.8, 4) is 0 Å². The Morgan fingerprint density at radius 2 is 1.12 bits per heavy atom. The minimum absolute atomic E-state index is 0.0882. The molecular weight excluding hydrogens is 324 g/mol. The first-order valence-corrected chi connectivity index (χ1v) is 11.6. The van der Waals surface area contributed by atoms with Crippen molar-refractivity contribution in [1.82, 2.24) is 0 Å². The molecule has 156 valence electrons. The first kappa shape index (κ1) is 23.9. The van der Waals surface area contributed by atoms with Crippen molar-refractivity contribution in [2.24, 2.45) is 5.41 Å². The van der Waals surface area contributed by atoms with Crippen molar-refractivity contribution in [2.75, 3.05) is 33.0 Å². The van der Waals surface area contributed by atoms with Gasteiger partial charge in [-0.3, -0.25) is 0 Å². The van der Waals surface area contributed by atoms with Crippen LogP contribution in [0.25, 0.3) is 0 Å². The van der Waals surface area contributed by atoms with Crippen LogP contribution in [0.5, 0.6) is 0 Å². The van der Waals surface area contributed by atoms with Crippen LogP contribution in [0.15, 0.2) is 0 Å². The van der Waals surface area contributed by atoms with Gasteiger partial charge in [0.1, 0.15) is 0 Å². The van der Waals surface area contributed by atoms with Gasteiger partial charge in [-0.25, -0.2) is 0 Å². The first-order chi connectivity index (χ1) is 12.8. The second-order valence-electron chi connectivity index (χ2n) is 8.51. The maximum atomic E-state index is 9.32. The van der Waals surface area contributed by atoms with Crippen molar-refractivity contribution >= 4 is 0 Å². The van der Waals surface area contributed by atoms with Gasteiger partial charge in [-0.15, -0.1) is 0 Å². The van der Waals surface area contributed by atoms with Gasteiger partial charge in [0.15, 0.2) is 0 Å². The summed E-state index contributed by atoms with van der Waals surface area (Å²) in [5.41, 5.74) is -0.0882. The fraction of sp³-hybridized carbons (Fsp3) is 1.00. The lowest BCUT2D eigenvalue weighted by Crippen LogP contribution is -2.49. The van der Waals surface area contributed by atoms with Gasteiger partial charge in [-0.2, -0.15) is 0 Å². The van der Waals surface area contributed by atoms with E-state index in [0.717, 1.165) is 13.0 Å². The van der Waals surface area contributed by atoms with Crippen molar-refractivity contribution in [3.63, 3.8) is 0 Å². The second kappa shape index (κ2) is 17.0. The SMILES string of the molecule is CCCCCCCCCCCCCCCCCCOCC1(CO)COC1. The molecule has 0 saturated carbocycles. The average molecular weight is 371 g/mol. The number of hydrogen-bond donors (Lipinski definition) is 1.